The van der Waals surface area contributed by atoms with Gasteiger partial charge in [0.05, 0.1) is 6.04 Å². The number of carbonyl (C=O) groups is 2. The molecule has 0 radical (unpaired) electrons. The van der Waals surface area contributed by atoms with E-state index in [9.17, 15) is 9.59 Å². The number of carbonyl (C=O) groups excluding carboxylic acids is 2. The molecule has 0 heterocycles. The molecular weight excluding hydrogens is 300 g/mol. The van der Waals surface area contributed by atoms with Gasteiger partial charge in [0.2, 0.25) is 5.91 Å². The highest BCUT2D eigenvalue weighted by Gasteiger charge is 2.14. The zero-order chi connectivity index (χ0) is 16.1. The van der Waals surface area contributed by atoms with Gasteiger partial charge in [-0.15, -0.1) is 0 Å². The SMILES string of the molecule is CC(=O)Nc1cccc(C(=O)NC(C)c2ccccc2Cl)c1. The number of benzene rings is 2. The summed E-state index contributed by atoms with van der Waals surface area (Å²) in [6.45, 7) is 3.29. The molecule has 5 heteroatoms. The van der Waals surface area contributed by atoms with Crippen molar-refractivity contribution in [1.82, 2.24) is 5.32 Å². The first-order chi connectivity index (χ1) is 10.5. The minimum atomic E-state index is -0.223. The Labute approximate surface area is 134 Å². The van der Waals surface area contributed by atoms with Crippen LogP contribution < -0.4 is 10.6 Å². The van der Waals surface area contributed by atoms with Crippen LogP contribution in [0.5, 0.6) is 0 Å². The normalized spacial score (nSPS) is 11.6. The highest BCUT2D eigenvalue weighted by molar-refractivity contribution is 6.31. The van der Waals surface area contributed by atoms with Gasteiger partial charge in [-0.1, -0.05) is 35.9 Å². The lowest BCUT2D eigenvalue weighted by atomic mass is 10.1. The van der Waals surface area contributed by atoms with Crippen LogP contribution in [0.15, 0.2) is 48.5 Å². The van der Waals surface area contributed by atoms with Gasteiger partial charge in [-0.05, 0) is 36.8 Å². The van der Waals surface area contributed by atoms with Crippen molar-refractivity contribution in [3.8, 4) is 0 Å². The number of hydrogen-bond donors (Lipinski definition) is 2. The molecule has 0 spiro atoms. The average molecular weight is 317 g/mol. The fourth-order valence-corrected chi connectivity index (χ4v) is 2.42. The number of rotatable bonds is 4. The van der Waals surface area contributed by atoms with Gasteiger partial charge in [0, 0.05) is 23.2 Å². The number of amides is 2. The largest absolute Gasteiger partial charge is 0.345 e. The van der Waals surface area contributed by atoms with E-state index in [1.54, 1.807) is 30.3 Å². The van der Waals surface area contributed by atoms with Crippen molar-refractivity contribution in [3.05, 3.63) is 64.7 Å². The summed E-state index contributed by atoms with van der Waals surface area (Å²) in [5.74, 6) is -0.401. The second-order valence-electron chi connectivity index (χ2n) is 4.98. The molecule has 114 valence electrons. The van der Waals surface area contributed by atoms with Crippen LogP contribution in [-0.4, -0.2) is 11.8 Å². The maximum absolute atomic E-state index is 12.3. The molecule has 0 aliphatic heterocycles. The predicted octanol–water partition coefficient (Wildman–Crippen LogP) is 3.79. The predicted molar refractivity (Wildman–Crippen MR) is 88.1 cm³/mol. The molecule has 0 aromatic heterocycles. The van der Waals surface area contributed by atoms with Crippen molar-refractivity contribution in [2.75, 3.05) is 5.32 Å². The number of anilines is 1. The molecule has 0 saturated heterocycles. The smallest absolute Gasteiger partial charge is 0.251 e. The average Bonchev–Trinajstić information content (AvgIpc) is 2.47. The van der Waals surface area contributed by atoms with Gasteiger partial charge in [0.25, 0.3) is 5.91 Å². The maximum atomic E-state index is 12.3. The van der Waals surface area contributed by atoms with E-state index in [-0.39, 0.29) is 17.9 Å². The van der Waals surface area contributed by atoms with E-state index in [2.05, 4.69) is 10.6 Å². The van der Waals surface area contributed by atoms with Gasteiger partial charge >= 0.3 is 0 Å². The highest BCUT2D eigenvalue weighted by atomic mass is 35.5. The van der Waals surface area contributed by atoms with Crippen molar-refractivity contribution >= 4 is 29.1 Å². The minimum absolute atomic E-state index is 0.179. The van der Waals surface area contributed by atoms with Gasteiger partial charge in [0.1, 0.15) is 0 Å². The number of nitrogens with one attached hydrogen (secondary N) is 2. The van der Waals surface area contributed by atoms with Crippen molar-refractivity contribution in [2.45, 2.75) is 19.9 Å². The monoisotopic (exact) mass is 316 g/mol. The Morgan fingerprint density at radius 1 is 1.09 bits per heavy atom. The van der Waals surface area contributed by atoms with E-state index >= 15 is 0 Å². The lowest BCUT2D eigenvalue weighted by molar-refractivity contribution is -0.114. The Balaban J connectivity index is 2.12. The standard InChI is InChI=1S/C17H17ClN2O2/c1-11(15-8-3-4-9-16(15)18)19-17(22)13-6-5-7-14(10-13)20-12(2)21/h3-11H,1-2H3,(H,19,22)(H,20,21). The molecule has 1 atom stereocenters. The molecule has 0 fully saturated rings. The Bertz CT molecular complexity index is 701. The van der Waals surface area contributed by atoms with Crippen LogP contribution in [0.25, 0.3) is 0 Å². The lowest BCUT2D eigenvalue weighted by Gasteiger charge is -2.16. The zero-order valence-electron chi connectivity index (χ0n) is 12.4. The van der Waals surface area contributed by atoms with Gasteiger partial charge < -0.3 is 10.6 Å². The summed E-state index contributed by atoms with van der Waals surface area (Å²) in [5, 5.41) is 6.17. The van der Waals surface area contributed by atoms with Crippen LogP contribution in [0.3, 0.4) is 0 Å². The molecule has 22 heavy (non-hydrogen) atoms. The third kappa shape index (κ3) is 4.09. The molecule has 0 bridgehead atoms. The van der Waals surface area contributed by atoms with Crippen molar-refractivity contribution < 1.29 is 9.59 Å². The van der Waals surface area contributed by atoms with Crippen molar-refractivity contribution in [2.24, 2.45) is 0 Å². The Hall–Kier alpha value is -2.33. The molecule has 0 aliphatic rings. The first kappa shape index (κ1) is 16.0. The molecule has 2 aromatic carbocycles. The van der Waals surface area contributed by atoms with Crippen molar-refractivity contribution in [1.29, 1.82) is 0 Å². The molecule has 2 aromatic rings. The highest BCUT2D eigenvalue weighted by Crippen LogP contribution is 2.22. The summed E-state index contributed by atoms with van der Waals surface area (Å²) >= 11 is 6.13. The second kappa shape index (κ2) is 7.09. The van der Waals surface area contributed by atoms with Crippen LogP contribution in [0, 0.1) is 0 Å². The first-order valence-electron chi connectivity index (χ1n) is 6.90. The topological polar surface area (TPSA) is 58.2 Å². The number of halogens is 1. The Morgan fingerprint density at radius 3 is 2.50 bits per heavy atom. The summed E-state index contributed by atoms with van der Waals surface area (Å²) in [5.41, 5.74) is 1.92. The van der Waals surface area contributed by atoms with Crippen LogP contribution in [0.2, 0.25) is 5.02 Å². The van der Waals surface area contributed by atoms with Gasteiger partial charge in [0.15, 0.2) is 0 Å². The maximum Gasteiger partial charge on any atom is 0.251 e. The molecular formula is C17H17ClN2O2. The van der Waals surface area contributed by atoms with Gasteiger partial charge in [-0.3, -0.25) is 9.59 Å². The van der Waals surface area contributed by atoms with E-state index in [0.29, 0.717) is 16.3 Å². The molecule has 2 amide bonds. The summed E-state index contributed by atoms with van der Waals surface area (Å²) in [6, 6.07) is 14.0. The third-order valence-corrected chi connectivity index (χ3v) is 3.51. The van der Waals surface area contributed by atoms with E-state index in [4.69, 9.17) is 11.6 Å². The minimum Gasteiger partial charge on any atom is -0.345 e. The molecule has 2 N–H and O–H groups in total. The zero-order valence-corrected chi connectivity index (χ0v) is 13.1. The summed E-state index contributed by atoms with van der Waals surface area (Å²) in [6.07, 6.45) is 0. The molecule has 1 unspecified atom stereocenters. The van der Waals surface area contributed by atoms with Crippen molar-refractivity contribution in [3.63, 3.8) is 0 Å². The Morgan fingerprint density at radius 2 is 1.82 bits per heavy atom. The van der Waals surface area contributed by atoms with Gasteiger partial charge in [-0.25, -0.2) is 0 Å². The van der Waals surface area contributed by atoms with E-state index in [1.807, 2.05) is 25.1 Å². The molecule has 0 aliphatic carbocycles. The number of hydrogen-bond acceptors (Lipinski definition) is 2. The van der Waals surface area contributed by atoms with Gasteiger partial charge in [-0.2, -0.15) is 0 Å². The Kier molecular flexibility index (Phi) is 5.17. The fraction of sp³-hybridized carbons (Fsp3) is 0.176. The summed E-state index contributed by atoms with van der Waals surface area (Å²) in [4.78, 5) is 23.4. The quantitative estimate of drug-likeness (QED) is 0.901. The summed E-state index contributed by atoms with van der Waals surface area (Å²) < 4.78 is 0. The van der Waals surface area contributed by atoms with Crippen LogP contribution >= 0.6 is 11.6 Å². The van der Waals surface area contributed by atoms with E-state index in [1.165, 1.54) is 6.92 Å². The second-order valence-corrected chi connectivity index (χ2v) is 5.39. The van der Waals surface area contributed by atoms with E-state index in [0.717, 1.165) is 5.56 Å². The lowest BCUT2D eigenvalue weighted by Crippen LogP contribution is -2.26. The fourth-order valence-electron chi connectivity index (χ4n) is 2.13. The van der Waals surface area contributed by atoms with Crippen LogP contribution in [-0.2, 0) is 4.79 Å². The van der Waals surface area contributed by atoms with Crippen LogP contribution in [0.1, 0.15) is 35.8 Å². The molecule has 4 nitrogen and oxygen atoms in total. The van der Waals surface area contributed by atoms with E-state index < -0.39 is 0 Å². The molecule has 2 rings (SSSR count). The third-order valence-electron chi connectivity index (χ3n) is 3.16. The summed E-state index contributed by atoms with van der Waals surface area (Å²) in [7, 11) is 0. The molecule has 0 saturated carbocycles. The first-order valence-corrected chi connectivity index (χ1v) is 7.28. The van der Waals surface area contributed by atoms with Crippen LogP contribution in [0.4, 0.5) is 5.69 Å².